The fraction of sp³-hybridized carbons (Fsp3) is 0.0833. The van der Waals surface area contributed by atoms with Gasteiger partial charge in [0.1, 0.15) is 6.33 Å². The Morgan fingerprint density at radius 3 is 2.05 bits per heavy atom. The first-order valence-electron chi connectivity index (χ1n) is 5.37. The monoisotopic (exact) mass is 384 g/mol. The number of carboxylic acid groups (broad SMARTS) is 1. The normalized spacial score (nSPS) is 10.7. The zero-order valence-electron chi connectivity index (χ0n) is 10.0. The third kappa shape index (κ3) is 3.20. The summed E-state index contributed by atoms with van der Waals surface area (Å²) in [6.07, 6.45) is 2.30. The summed E-state index contributed by atoms with van der Waals surface area (Å²) >= 11 is 30.2. The summed E-state index contributed by atoms with van der Waals surface area (Å²) in [6.45, 7) is 0. The zero-order chi connectivity index (χ0) is 15.7. The summed E-state index contributed by atoms with van der Waals surface area (Å²) in [6, 6.07) is 0. The van der Waals surface area contributed by atoms with Crippen LogP contribution < -0.4 is 0 Å². The zero-order valence-corrected chi connectivity index (χ0v) is 13.8. The molecule has 0 bridgehead atoms. The highest BCUT2D eigenvalue weighted by atomic mass is 35.5. The molecule has 0 aliphatic rings. The Bertz CT molecular complexity index is 707. The van der Waals surface area contributed by atoms with Crippen LogP contribution in [0.15, 0.2) is 12.5 Å². The van der Waals surface area contributed by atoms with Gasteiger partial charge in [0.25, 0.3) is 0 Å². The minimum atomic E-state index is -1.05. The molecule has 2 aromatic rings. The van der Waals surface area contributed by atoms with Crippen molar-refractivity contribution in [3.63, 3.8) is 0 Å². The van der Waals surface area contributed by atoms with Crippen LogP contribution in [-0.4, -0.2) is 21.0 Å². The number of aromatic nitrogens is 2. The molecule has 1 aromatic heterocycles. The molecule has 21 heavy (non-hydrogen) atoms. The predicted molar refractivity (Wildman–Crippen MR) is 83.9 cm³/mol. The smallest absolute Gasteiger partial charge is 0.307 e. The number of carbonyl (C=O) groups is 1. The third-order valence-electron chi connectivity index (χ3n) is 2.58. The van der Waals surface area contributed by atoms with E-state index in [1.54, 1.807) is 0 Å². The van der Waals surface area contributed by atoms with Gasteiger partial charge >= 0.3 is 5.97 Å². The van der Waals surface area contributed by atoms with E-state index in [4.69, 9.17) is 63.1 Å². The molecule has 0 amide bonds. The van der Waals surface area contributed by atoms with Gasteiger partial charge in [-0.2, -0.15) is 0 Å². The highest BCUT2D eigenvalue weighted by Gasteiger charge is 2.23. The molecule has 110 valence electrons. The van der Waals surface area contributed by atoms with Gasteiger partial charge in [0.2, 0.25) is 0 Å². The van der Waals surface area contributed by atoms with Crippen LogP contribution in [0.25, 0.3) is 11.3 Å². The highest BCUT2D eigenvalue weighted by Crippen LogP contribution is 2.48. The number of halogens is 5. The molecule has 4 nitrogen and oxygen atoms in total. The van der Waals surface area contributed by atoms with Crippen molar-refractivity contribution >= 4 is 64.0 Å². The molecule has 1 N–H and O–H groups in total. The van der Waals surface area contributed by atoms with E-state index in [0.717, 1.165) is 0 Å². The van der Waals surface area contributed by atoms with Gasteiger partial charge in [0, 0.05) is 17.3 Å². The van der Waals surface area contributed by atoms with Gasteiger partial charge < -0.3 is 5.11 Å². The van der Waals surface area contributed by atoms with Crippen LogP contribution in [0.3, 0.4) is 0 Å². The molecule has 0 atom stereocenters. The maximum Gasteiger partial charge on any atom is 0.307 e. The van der Waals surface area contributed by atoms with Crippen LogP contribution in [0.2, 0.25) is 25.1 Å². The molecule has 0 saturated carbocycles. The number of benzene rings is 1. The molecule has 0 aliphatic heterocycles. The fourth-order valence-corrected chi connectivity index (χ4v) is 3.01. The quantitative estimate of drug-likeness (QED) is 0.593. The molecule has 2 rings (SSSR count). The van der Waals surface area contributed by atoms with Gasteiger partial charge in [-0.3, -0.25) is 4.79 Å². The number of hydrogen-bond donors (Lipinski definition) is 1. The van der Waals surface area contributed by atoms with E-state index >= 15 is 0 Å². The molecule has 9 heteroatoms. The maximum absolute atomic E-state index is 10.9. The Hall–Kier alpha value is -0.780. The Morgan fingerprint density at radius 2 is 1.52 bits per heavy atom. The lowest BCUT2D eigenvalue weighted by molar-refractivity contribution is -0.136. The second-order valence-electron chi connectivity index (χ2n) is 3.91. The van der Waals surface area contributed by atoms with Gasteiger partial charge in [-0.15, -0.1) is 0 Å². The molecule has 0 spiro atoms. The number of hydrogen-bond acceptors (Lipinski definition) is 3. The Kier molecular flexibility index (Phi) is 5.17. The summed E-state index contributed by atoms with van der Waals surface area (Å²) < 4.78 is 0. The van der Waals surface area contributed by atoms with Gasteiger partial charge in [0.05, 0.1) is 37.2 Å². The van der Waals surface area contributed by atoms with E-state index in [9.17, 15) is 4.79 Å². The van der Waals surface area contributed by atoms with Crippen molar-refractivity contribution in [3.8, 4) is 11.3 Å². The lowest BCUT2D eigenvalue weighted by Crippen LogP contribution is -2.04. The topological polar surface area (TPSA) is 63.1 Å². The Labute approximate surface area is 144 Å². The lowest BCUT2D eigenvalue weighted by Gasteiger charge is -2.14. The van der Waals surface area contributed by atoms with Crippen LogP contribution in [0.4, 0.5) is 0 Å². The summed E-state index contributed by atoms with van der Waals surface area (Å²) in [5.41, 5.74) is 0.780. The minimum Gasteiger partial charge on any atom is -0.481 e. The molecule has 0 aliphatic carbocycles. The second-order valence-corrected chi connectivity index (χ2v) is 5.80. The van der Waals surface area contributed by atoms with E-state index in [2.05, 4.69) is 9.97 Å². The van der Waals surface area contributed by atoms with Crippen LogP contribution >= 0.6 is 58.0 Å². The van der Waals surface area contributed by atoms with Crippen molar-refractivity contribution in [3.05, 3.63) is 43.2 Å². The first-order chi connectivity index (χ1) is 9.84. The van der Waals surface area contributed by atoms with Crippen LogP contribution in [0.1, 0.15) is 5.56 Å². The second kappa shape index (κ2) is 6.55. The predicted octanol–water partition coefficient (Wildman–Crippen LogP) is 5.04. The van der Waals surface area contributed by atoms with Gasteiger partial charge in [-0.25, -0.2) is 9.97 Å². The number of rotatable bonds is 3. The van der Waals surface area contributed by atoms with Gasteiger partial charge in [0.15, 0.2) is 0 Å². The van der Waals surface area contributed by atoms with Crippen LogP contribution in [0.5, 0.6) is 0 Å². The first kappa shape index (κ1) is 16.6. The van der Waals surface area contributed by atoms with Crippen molar-refractivity contribution in [2.24, 2.45) is 0 Å². The van der Waals surface area contributed by atoms with Crippen molar-refractivity contribution in [1.29, 1.82) is 0 Å². The molecule has 0 fully saturated rings. The largest absolute Gasteiger partial charge is 0.481 e. The number of nitrogens with zero attached hydrogens (tertiary/aromatic N) is 2. The molecule has 0 radical (unpaired) electrons. The molecule has 1 aromatic carbocycles. The number of carboxylic acids is 1. The number of aliphatic carboxylic acids is 1. The van der Waals surface area contributed by atoms with Crippen LogP contribution in [0, 0.1) is 0 Å². The standard InChI is InChI=1S/C12H5Cl5N2O2/c13-7-6(8(14)10(16)11(17)9(7)15)12-4(1-5(20)21)2-18-3-19-12/h2-3H,1H2,(H,20,21). The maximum atomic E-state index is 10.9. The fourth-order valence-electron chi connectivity index (χ4n) is 1.69. The molecular formula is C12H5Cl5N2O2. The van der Waals surface area contributed by atoms with Gasteiger partial charge in [-0.1, -0.05) is 58.0 Å². The van der Waals surface area contributed by atoms with E-state index in [-0.39, 0.29) is 42.8 Å². The summed E-state index contributed by atoms with van der Waals surface area (Å²) in [4.78, 5) is 18.7. The van der Waals surface area contributed by atoms with E-state index < -0.39 is 5.97 Å². The van der Waals surface area contributed by atoms with E-state index in [0.29, 0.717) is 5.56 Å². The lowest BCUT2D eigenvalue weighted by atomic mass is 10.0. The van der Waals surface area contributed by atoms with Crippen molar-refractivity contribution < 1.29 is 9.90 Å². The summed E-state index contributed by atoms with van der Waals surface area (Å²) in [5, 5.41) is 9.07. The first-order valence-corrected chi connectivity index (χ1v) is 7.26. The summed E-state index contributed by atoms with van der Waals surface area (Å²) in [5.74, 6) is -1.05. The van der Waals surface area contributed by atoms with E-state index in [1.165, 1.54) is 12.5 Å². The third-order valence-corrected chi connectivity index (χ3v) is 4.85. The molecule has 0 unspecified atom stereocenters. The van der Waals surface area contributed by atoms with Crippen molar-refractivity contribution in [2.75, 3.05) is 0 Å². The molecule has 0 saturated heterocycles. The average molecular weight is 386 g/mol. The van der Waals surface area contributed by atoms with E-state index in [1.807, 2.05) is 0 Å². The summed E-state index contributed by atoms with van der Waals surface area (Å²) in [7, 11) is 0. The Morgan fingerprint density at radius 1 is 1.00 bits per heavy atom. The van der Waals surface area contributed by atoms with Crippen molar-refractivity contribution in [1.82, 2.24) is 9.97 Å². The minimum absolute atomic E-state index is 0.0163. The highest BCUT2D eigenvalue weighted by molar-refractivity contribution is 6.56. The SMILES string of the molecule is O=C(O)Cc1cncnc1-c1c(Cl)c(Cl)c(Cl)c(Cl)c1Cl. The Balaban J connectivity index is 2.77. The molecule has 1 heterocycles. The van der Waals surface area contributed by atoms with Gasteiger partial charge in [-0.05, 0) is 0 Å². The average Bonchev–Trinajstić information content (AvgIpc) is 2.44. The van der Waals surface area contributed by atoms with Crippen LogP contribution in [-0.2, 0) is 11.2 Å². The van der Waals surface area contributed by atoms with Crippen molar-refractivity contribution in [2.45, 2.75) is 6.42 Å². The molecular weight excluding hydrogens is 381 g/mol.